The predicted octanol–water partition coefficient (Wildman–Crippen LogP) is 3.43. The number of alkyl halides is 3. The van der Waals surface area contributed by atoms with Crippen molar-refractivity contribution in [2.24, 2.45) is 5.73 Å². The van der Waals surface area contributed by atoms with E-state index in [1.54, 1.807) is 18.2 Å². The molecular formula is C23H21F3N6O3. The van der Waals surface area contributed by atoms with Gasteiger partial charge in [0.25, 0.3) is 0 Å². The molecule has 0 fully saturated rings. The smallest absolute Gasteiger partial charge is 0.395 e. The molecule has 1 atom stereocenters. The number of fused-ring (bicyclic) bond motifs is 3. The Bertz CT molecular complexity index is 1400. The number of nitrogens with two attached hydrogens (primary N) is 1. The van der Waals surface area contributed by atoms with Gasteiger partial charge in [-0.3, -0.25) is 9.78 Å². The molecule has 2 N–H and O–H groups in total. The molecule has 0 aliphatic rings. The third-order valence-electron chi connectivity index (χ3n) is 5.29. The number of hydrogen-bond donors (Lipinski definition) is 1. The van der Waals surface area contributed by atoms with Crippen molar-refractivity contribution in [2.75, 3.05) is 13.7 Å². The lowest BCUT2D eigenvalue weighted by Gasteiger charge is -2.15. The van der Waals surface area contributed by atoms with Crippen molar-refractivity contribution in [1.82, 2.24) is 24.8 Å². The maximum Gasteiger partial charge on any atom is 0.395 e. The highest BCUT2D eigenvalue weighted by molar-refractivity contribution is 5.98. The van der Waals surface area contributed by atoms with E-state index in [1.807, 2.05) is 6.07 Å². The molecule has 1 unspecified atom stereocenters. The van der Waals surface area contributed by atoms with Gasteiger partial charge in [-0.15, -0.1) is 15.3 Å². The number of halogens is 3. The fourth-order valence-electron chi connectivity index (χ4n) is 3.37. The van der Waals surface area contributed by atoms with E-state index in [2.05, 4.69) is 20.3 Å². The monoisotopic (exact) mass is 486 g/mol. The molecule has 0 aliphatic carbocycles. The second-order valence-corrected chi connectivity index (χ2v) is 7.74. The molecule has 12 heteroatoms. The maximum absolute atomic E-state index is 12.9. The zero-order valence-electron chi connectivity index (χ0n) is 18.8. The summed E-state index contributed by atoms with van der Waals surface area (Å²) >= 11 is 0. The average Bonchev–Trinajstić information content (AvgIpc) is 3.26. The number of benzene rings is 1. The van der Waals surface area contributed by atoms with E-state index in [0.29, 0.717) is 22.1 Å². The first-order valence-electron chi connectivity index (χ1n) is 10.5. The van der Waals surface area contributed by atoms with Crippen molar-refractivity contribution in [3.63, 3.8) is 0 Å². The maximum atomic E-state index is 12.9. The van der Waals surface area contributed by atoms with E-state index in [4.69, 9.17) is 15.2 Å². The Labute approximate surface area is 197 Å². The largest absolute Gasteiger partial charge is 0.470 e. The Morgan fingerprint density at radius 3 is 2.57 bits per heavy atom. The molecule has 182 valence electrons. The second kappa shape index (κ2) is 9.66. The first kappa shape index (κ1) is 24.1. The molecule has 0 spiro atoms. The third-order valence-corrected chi connectivity index (χ3v) is 5.29. The van der Waals surface area contributed by atoms with Gasteiger partial charge in [-0.1, -0.05) is 24.3 Å². The number of rotatable bonds is 8. The first-order chi connectivity index (χ1) is 16.7. The lowest BCUT2D eigenvalue weighted by molar-refractivity contribution is -0.146. The summed E-state index contributed by atoms with van der Waals surface area (Å²) in [5.41, 5.74) is 6.99. The first-order valence-corrected chi connectivity index (χ1v) is 10.5. The SMILES string of the molecule is COCC(=O)C=C(N)c1nnc2c3ccccc3c(OCc3ccc(C(C)C(F)(F)F)cn3)nn12. The van der Waals surface area contributed by atoms with E-state index in [-0.39, 0.29) is 42.0 Å². The van der Waals surface area contributed by atoms with Gasteiger partial charge in [0.2, 0.25) is 11.7 Å². The Morgan fingerprint density at radius 2 is 1.91 bits per heavy atom. The summed E-state index contributed by atoms with van der Waals surface area (Å²) in [7, 11) is 1.39. The van der Waals surface area contributed by atoms with E-state index in [1.165, 1.54) is 36.0 Å². The van der Waals surface area contributed by atoms with Crippen molar-refractivity contribution in [2.45, 2.75) is 25.6 Å². The molecular weight excluding hydrogens is 465 g/mol. The number of methoxy groups -OCH3 is 1. The van der Waals surface area contributed by atoms with Crippen LogP contribution in [0, 0.1) is 0 Å². The quantitative estimate of drug-likeness (QED) is 0.377. The molecule has 0 aliphatic heterocycles. The normalized spacial score (nSPS) is 13.3. The average molecular weight is 486 g/mol. The van der Waals surface area contributed by atoms with Gasteiger partial charge in [0.15, 0.2) is 11.4 Å². The van der Waals surface area contributed by atoms with Crippen molar-refractivity contribution in [3.05, 3.63) is 65.8 Å². The van der Waals surface area contributed by atoms with Gasteiger partial charge in [0.1, 0.15) is 13.2 Å². The van der Waals surface area contributed by atoms with Gasteiger partial charge < -0.3 is 15.2 Å². The number of hydrogen-bond acceptors (Lipinski definition) is 8. The number of pyridine rings is 1. The van der Waals surface area contributed by atoms with Crippen LogP contribution in [0.25, 0.3) is 22.1 Å². The molecule has 1 aromatic carbocycles. The Balaban J connectivity index is 1.66. The van der Waals surface area contributed by atoms with Gasteiger partial charge in [0, 0.05) is 30.2 Å². The van der Waals surface area contributed by atoms with Crippen LogP contribution in [-0.2, 0) is 16.1 Å². The zero-order chi connectivity index (χ0) is 25.2. The van der Waals surface area contributed by atoms with Gasteiger partial charge in [0.05, 0.1) is 17.3 Å². The van der Waals surface area contributed by atoms with Crippen LogP contribution in [0.5, 0.6) is 5.88 Å². The Morgan fingerprint density at radius 1 is 1.17 bits per heavy atom. The number of aromatic nitrogens is 5. The molecule has 35 heavy (non-hydrogen) atoms. The van der Waals surface area contributed by atoms with Crippen molar-refractivity contribution in [3.8, 4) is 5.88 Å². The van der Waals surface area contributed by atoms with Crippen LogP contribution in [0.1, 0.15) is 29.9 Å². The summed E-state index contributed by atoms with van der Waals surface area (Å²) in [6.07, 6.45) is -1.98. The molecule has 0 saturated carbocycles. The van der Waals surface area contributed by atoms with Gasteiger partial charge >= 0.3 is 6.18 Å². The zero-order valence-corrected chi connectivity index (χ0v) is 18.8. The summed E-state index contributed by atoms with van der Waals surface area (Å²) in [5, 5.41) is 14.0. The van der Waals surface area contributed by atoms with Crippen molar-refractivity contribution >= 4 is 27.9 Å². The number of carbonyl (C=O) groups excluding carboxylic acids is 1. The number of ether oxygens (including phenoxy) is 2. The van der Waals surface area contributed by atoms with E-state index >= 15 is 0 Å². The van der Waals surface area contributed by atoms with Crippen LogP contribution in [0.3, 0.4) is 0 Å². The van der Waals surface area contributed by atoms with Crippen LogP contribution < -0.4 is 10.5 Å². The molecule has 3 heterocycles. The number of carbonyl (C=O) groups is 1. The fraction of sp³-hybridized carbons (Fsp3) is 0.261. The standard InChI is InChI=1S/C23H21F3N6O3/c1-13(23(24,25)26)14-7-8-15(28-10-14)11-35-22-18-6-4-3-5-17(18)20-29-30-21(32(20)31-22)19(27)9-16(33)12-34-2/h3-10,13H,11-12,27H2,1-2H3. The minimum absolute atomic E-state index is 0.0434. The van der Waals surface area contributed by atoms with Crippen molar-refractivity contribution in [1.29, 1.82) is 0 Å². The van der Waals surface area contributed by atoms with Gasteiger partial charge in [-0.05, 0) is 24.6 Å². The summed E-state index contributed by atoms with van der Waals surface area (Å²) in [5.74, 6) is -1.63. The summed E-state index contributed by atoms with van der Waals surface area (Å²) in [4.78, 5) is 16.0. The summed E-state index contributed by atoms with van der Waals surface area (Å²) in [6.45, 7) is 0.895. The highest BCUT2D eigenvalue weighted by atomic mass is 19.4. The summed E-state index contributed by atoms with van der Waals surface area (Å²) in [6, 6.07) is 10.1. The van der Waals surface area contributed by atoms with E-state index in [9.17, 15) is 18.0 Å². The Kier molecular flexibility index (Phi) is 6.65. The molecule has 0 saturated heterocycles. The molecule has 4 aromatic rings. The van der Waals surface area contributed by atoms with Crippen molar-refractivity contribution < 1.29 is 27.4 Å². The summed E-state index contributed by atoms with van der Waals surface area (Å²) < 4.78 is 50.9. The molecule has 0 radical (unpaired) electrons. The number of nitrogens with zero attached hydrogens (tertiary/aromatic N) is 5. The molecule has 3 aromatic heterocycles. The molecule has 4 rings (SSSR count). The second-order valence-electron chi connectivity index (χ2n) is 7.74. The lowest BCUT2D eigenvalue weighted by Crippen LogP contribution is -2.18. The predicted molar refractivity (Wildman–Crippen MR) is 120 cm³/mol. The lowest BCUT2D eigenvalue weighted by atomic mass is 10.0. The molecule has 9 nitrogen and oxygen atoms in total. The molecule has 0 bridgehead atoms. The molecule has 0 amide bonds. The van der Waals surface area contributed by atoms with Crippen LogP contribution >= 0.6 is 0 Å². The van der Waals surface area contributed by atoms with Crippen LogP contribution in [0.4, 0.5) is 13.2 Å². The number of ketones is 1. The fourth-order valence-corrected chi connectivity index (χ4v) is 3.37. The third kappa shape index (κ3) is 5.06. The van der Waals surface area contributed by atoms with E-state index < -0.39 is 12.1 Å². The highest BCUT2D eigenvalue weighted by Gasteiger charge is 2.37. The van der Waals surface area contributed by atoms with Crippen LogP contribution in [0.2, 0.25) is 0 Å². The Hall–Kier alpha value is -4.06. The van der Waals surface area contributed by atoms with Crippen LogP contribution in [-0.4, -0.2) is 50.5 Å². The highest BCUT2D eigenvalue weighted by Crippen LogP contribution is 2.34. The minimum Gasteiger partial charge on any atom is -0.470 e. The topological polar surface area (TPSA) is 118 Å². The van der Waals surface area contributed by atoms with Gasteiger partial charge in [-0.2, -0.15) is 17.7 Å². The van der Waals surface area contributed by atoms with Crippen LogP contribution in [0.15, 0.2) is 48.7 Å². The van der Waals surface area contributed by atoms with E-state index in [0.717, 1.165) is 6.92 Å². The van der Waals surface area contributed by atoms with Gasteiger partial charge in [-0.25, -0.2) is 0 Å². The minimum atomic E-state index is -4.35.